The number of carbonyl (C=O) groups excluding carboxylic acids is 3. The summed E-state index contributed by atoms with van der Waals surface area (Å²) in [4.78, 5) is 36.0. The van der Waals surface area contributed by atoms with Crippen molar-refractivity contribution >= 4 is 28.9 Å². The molecule has 0 unspecified atom stereocenters. The Hall–Kier alpha value is -2.46. The predicted octanol–water partition coefficient (Wildman–Crippen LogP) is 5.19. The fourth-order valence-corrected chi connectivity index (χ4v) is 11.6. The number of methoxy groups -OCH3 is 1. The van der Waals surface area contributed by atoms with Crippen molar-refractivity contribution in [2.24, 2.45) is 46.3 Å². The summed E-state index contributed by atoms with van der Waals surface area (Å²) >= 11 is 0. The Labute approximate surface area is 262 Å². The molecule has 1 aromatic carbocycles. The zero-order valence-electron chi connectivity index (χ0n) is 26.7. The lowest BCUT2D eigenvalue weighted by Gasteiger charge is -2.64. The molecule has 0 radical (unpaired) electrons. The summed E-state index contributed by atoms with van der Waals surface area (Å²) in [6, 6.07) is 6.67. The number of fused-ring (bicyclic) bond motifs is 5. The van der Waals surface area contributed by atoms with Crippen molar-refractivity contribution in [1.82, 2.24) is 4.72 Å². The van der Waals surface area contributed by atoms with E-state index in [4.69, 9.17) is 14.2 Å². The quantitative estimate of drug-likeness (QED) is 0.201. The zero-order valence-corrected chi connectivity index (χ0v) is 27.5. The first-order valence-corrected chi connectivity index (χ1v) is 17.7. The number of ether oxygens (including phenoxy) is 3. The van der Waals surface area contributed by atoms with Gasteiger partial charge in [-0.25, -0.2) is 13.1 Å². The number of carbonyl (C=O) groups is 3. The first-order chi connectivity index (χ1) is 20.9. The molecule has 44 heavy (non-hydrogen) atoms. The SMILES string of the molecule is COC(=O)CC[C@@H](C)[C@H]1CC[C@H]2[C@@H]3[C@H](OC=O)C[C@@H]4C[C@H](NS(=O)(=O)c5ccc(C)cc5)CC[C@]4(C)[C@H]3C[C@H](OC=O)[C@]12C. The minimum atomic E-state index is -3.67. The molecule has 0 bridgehead atoms. The van der Waals surface area contributed by atoms with Crippen LogP contribution in [0.1, 0.15) is 84.1 Å². The molecule has 244 valence electrons. The molecule has 9 nitrogen and oxygen atoms in total. The molecule has 1 N–H and O–H groups in total. The van der Waals surface area contributed by atoms with E-state index in [2.05, 4.69) is 25.5 Å². The number of aryl methyl sites for hydroxylation is 1. The first kappa shape index (κ1) is 32.9. The van der Waals surface area contributed by atoms with Crippen LogP contribution in [0.2, 0.25) is 0 Å². The number of sulfonamides is 1. The van der Waals surface area contributed by atoms with Crippen LogP contribution < -0.4 is 4.72 Å². The Morgan fingerprint density at radius 1 is 1.02 bits per heavy atom. The Balaban J connectivity index is 1.40. The summed E-state index contributed by atoms with van der Waals surface area (Å²) in [5.41, 5.74) is 0.575. The standard InChI is InChI=1S/C34H49NO8S/c1-21-6-9-25(10-7-21)44(39,40)35-24-14-15-33(3)23(16-24)17-29(42-19-36)32-27-12-11-26(22(2)8-13-31(38)41-5)34(27,4)30(43-20-37)18-28(32)33/h6-7,9-10,19-20,22-24,26-30,32,35H,8,11-18H2,1-5H3/t22-,23+,24-,26-,27+,28+,29-,30+,32+,33+,34-/m1/s1. The Morgan fingerprint density at radius 2 is 1.73 bits per heavy atom. The van der Waals surface area contributed by atoms with Gasteiger partial charge in [0.05, 0.1) is 12.0 Å². The predicted molar refractivity (Wildman–Crippen MR) is 164 cm³/mol. The maximum Gasteiger partial charge on any atom is 0.305 e. The van der Waals surface area contributed by atoms with Gasteiger partial charge < -0.3 is 14.2 Å². The van der Waals surface area contributed by atoms with Gasteiger partial charge in [-0.15, -0.1) is 0 Å². The molecule has 0 aliphatic heterocycles. The first-order valence-electron chi connectivity index (χ1n) is 16.2. The average molecular weight is 632 g/mol. The largest absolute Gasteiger partial charge is 0.469 e. The molecule has 1 aromatic rings. The Kier molecular flexibility index (Phi) is 9.53. The van der Waals surface area contributed by atoms with Crippen LogP contribution in [0, 0.1) is 53.3 Å². The molecule has 11 atom stereocenters. The van der Waals surface area contributed by atoms with Gasteiger partial charge in [0.2, 0.25) is 10.0 Å². The summed E-state index contributed by atoms with van der Waals surface area (Å²) in [6.07, 6.45) is 5.98. The number of hydrogen-bond donors (Lipinski definition) is 1. The molecule has 0 heterocycles. The van der Waals surface area contributed by atoms with Gasteiger partial charge >= 0.3 is 5.97 Å². The van der Waals surface area contributed by atoms with Gasteiger partial charge in [-0.3, -0.25) is 14.4 Å². The second-order valence-corrected chi connectivity index (χ2v) is 16.2. The third-order valence-corrected chi connectivity index (χ3v) is 14.2. The smallest absolute Gasteiger partial charge is 0.305 e. The molecule has 0 spiro atoms. The summed E-state index contributed by atoms with van der Waals surface area (Å²) in [7, 11) is -2.26. The van der Waals surface area contributed by atoms with E-state index in [-0.39, 0.29) is 75.5 Å². The lowest BCUT2D eigenvalue weighted by Crippen LogP contribution is -2.63. The van der Waals surface area contributed by atoms with Crippen molar-refractivity contribution in [1.29, 1.82) is 0 Å². The number of nitrogens with one attached hydrogen (secondary N) is 1. The normalized spacial score (nSPS) is 38.8. The van der Waals surface area contributed by atoms with Crippen molar-refractivity contribution in [2.75, 3.05) is 7.11 Å². The highest BCUT2D eigenvalue weighted by Crippen LogP contribution is 2.69. The van der Waals surface area contributed by atoms with Crippen LogP contribution in [-0.2, 0) is 38.6 Å². The van der Waals surface area contributed by atoms with E-state index in [1.54, 1.807) is 24.3 Å². The van der Waals surface area contributed by atoms with Crippen molar-refractivity contribution in [3.8, 4) is 0 Å². The average Bonchev–Trinajstić information content (AvgIpc) is 3.35. The van der Waals surface area contributed by atoms with E-state index < -0.39 is 10.0 Å². The highest BCUT2D eigenvalue weighted by Gasteiger charge is 2.67. The van der Waals surface area contributed by atoms with Gasteiger partial charge in [-0.1, -0.05) is 38.5 Å². The molecular weight excluding hydrogens is 582 g/mol. The van der Waals surface area contributed by atoms with E-state index in [0.29, 0.717) is 45.0 Å². The number of hydrogen-bond acceptors (Lipinski definition) is 8. The fourth-order valence-electron chi connectivity index (χ4n) is 10.3. The molecule has 4 saturated carbocycles. The minimum Gasteiger partial charge on any atom is -0.469 e. The highest BCUT2D eigenvalue weighted by atomic mass is 32.2. The number of esters is 1. The van der Waals surface area contributed by atoms with Gasteiger partial charge in [0.15, 0.2) is 0 Å². The highest BCUT2D eigenvalue weighted by molar-refractivity contribution is 7.89. The van der Waals surface area contributed by atoms with Crippen LogP contribution in [0.5, 0.6) is 0 Å². The third kappa shape index (κ3) is 5.81. The van der Waals surface area contributed by atoms with E-state index in [9.17, 15) is 22.8 Å². The van der Waals surface area contributed by atoms with Crippen LogP contribution in [0.25, 0.3) is 0 Å². The van der Waals surface area contributed by atoms with E-state index >= 15 is 0 Å². The maximum absolute atomic E-state index is 13.3. The monoisotopic (exact) mass is 631 g/mol. The van der Waals surface area contributed by atoms with Crippen LogP contribution in [0.4, 0.5) is 0 Å². The lowest BCUT2D eigenvalue weighted by atomic mass is 9.43. The van der Waals surface area contributed by atoms with Crippen LogP contribution >= 0.6 is 0 Å². The molecule has 0 aromatic heterocycles. The van der Waals surface area contributed by atoms with Crippen LogP contribution in [0.15, 0.2) is 29.2 Å². The lowest BCUT2D eigenvalue weighted by molar-refractivity contribution is -0.214. The van der Waals surface area contributed by atoms with Crippen LogP contribution in [0.3, 0.4) is 0 Å². The third-order valence-electron chi connectivity index (χ3n) is 12.6. The zero-order chi connectivity index (χ0) is 31.9. The van der Waals surface area contributed by atoms with Gasteiger partial charge in [-0.2, -0.15) is 0 Å². The molecule has 0 amide bonds. The van der Waals surface area contributed by atoms with Crippen molar-refractivity contribution in [3.63, 3.8) is 0 Å². The maximum atomic E-state index is 13.3. The molecule has 4 aliphatic carbocycles. The fraction of sp³-hybridized carbons (Fsp3) is 0.735. The topological polar surface area (TPSA) is 125 Å². The van der Waals surface area contributed by atoms with Crippen molar-refractivity contribution in [2.45, 2.75) is 109 Å². The van der Waals surface area contributed by atoms with Gasteiger partial charge in [-0.05, 0) is 105 Å². The van der Waals surface area contributed by atoms with Crippen molar-refractivity contribution < 1.29 is 37.0 Å². The second kappa shape index (κ2) is 12.7. The van der Waals surface area contributed by atoms with Gasteiger partial charge in [0.1, 0.15) is 12.2 Å². The molecule has 10 heteroatoms. The molecule has 0 saturated heterocycles. The summed E-state index contributed by atoms with van der Waals surface area (Å²) in [6.45, 7) is 9.83. The number of rotatable bonds is 11. The van der Waals surface area contributed by atoms with E-state index in [1.807, 2.05) is 6.92 Å². The molecular formula is C34H49NO8S. The Bertz CT molecular complexity index is 1320. The summed E-state index contributed by atoms with van der Waals surface area (Å²) in [5.74, 6) is 0.876. The van der Waals surface area contributed by atoms with Gasteiger partial charge in [0, 0.05) is 23.8 Å². The van der Waals surface area contributed by atoms with E-state index in [1.165, 1.54) is 7.11 Å². The molecule has 4 fully saturated rings. The van der Waals surface area contributed by atoms with Crippen molar-refractivity contribution in [3.05, 3.63) is 29.8 Å². The molecule has 5 rings (SSSR count). The second-order valence-electron chi connectivity index (χ2n) is 14.5. The van der Waals surface area contributed by atoms with E-state index in [0.717, 1.165) is 31.2 Å². The van der Waals surface area contributed by atoms with Crippen LogP contribution in [-0.4, -0.2) is 52.7 Å². The summed E-state index contributed by atoms with van der Waals surface area (Å²) in [5, 5.41) is 0. The number of benzene rings is 1. The van der Waals surface area contributed by atoms with Gasteiger partial charge in [0.25, 0.3) is 12.9 Å². The minimum absolute atomic E-state index is 0.111. The Morgan fingerprint density at radius 3 is 2.39 bits per heavy atom. The summed E-state index contributed by atoms with van der Waals surface area (Å²) < 4.78 is 46.2. The molecule has 4 aliphatic rings.